The van der Waals surface area contributed by atoms with Crippen molar-refractivity contribution in [3.05, 3.63) is 59.4 Å². The molecule has 0 unspecified atom stereocenters. The van der Waals surface area contributed by atoms with Gasteiger partial charge in [-0.3, -0.25) is 18.5 Å². The summed E-state index contributed by atoms with van der Waals surface area (Å²) in [6.45, 7) is 0.341. The standard InChI is InChI=1S/C14H11BrCl2N4O2/c1-19-11-10(12(22)20(2)14(19)23)18-13(15)21(11)6-7-3-4-8(16)5-9(7)17/h3-5H,6H2,1-2H3. The largest absolute Gasteiger partial charge is 0.332 e. The minimum Gasteiger partial charge on any atom is -0.300 e. The Morgan fingerprint density at radius 3 is 2.52 bits per heavy atom. The van der Waals surface area contributed by atoms with Crippen LogP contribution in [-0.2, 0) is 20.6 Å². The Morgan fingerprint density at radius 1 is 1.17 bits per heavy atom. The van der Waals surface area contributed by atoms with Gasteiger partial charge in [-0.05, 0) is 33.6 Å². The van der Waals surface area contributed by atoms with E-state index in [0.717, 1.165) is 10.1 Å². The van der Waals surface area contributed by atoms with Gasteiger partial charge in [0.2, 0.25) is 0 Å². The highest BCUT2D eigenvalue weighted by Crippen LogP contribution is 2.25. The molecule has 2 aromatic heterocycles. The first-order chi connectivity index (χ1) is 10.8. The molecule has 0 bridgehead atoms. The van der Waals surface area contributed by atoms with E-state index in [2.05, 4.69) is 20.9 Å². The third-order valence-corrected chi connectivity index (χ3v) is 4.83. The Kier molecular flexibility index (Phi) is 4.12. The van der Waals surface area contributed by atoms with Crippen molar-refractivity contribution in [1.29, 1.82) is 0 Å². The average molecular weight is 418 g/mol. The van der Waals surface area contributed by atoms with Crippen LogP contribution in [0.25, 0.3) is 11.2 Å². The van der Waals surface area contributed by atoms with Crippen molar-refractivity contribution in [2.75, 3.05) is 0 Å². The fraction of sp³-hybridized carbons (Fsp3) is 0.214. The number of halogens is 3. The van der Waals surface area contributed by atoms with E-state index in [1.54, 1.807) is 29.8 Å². The molecule has 0 aliphatic rings. The maximum Gasteiger partial charge on any atom is 0.332 e. The van der Waals surface area contributed by atoms with Gasteiger partial charge in [0.05, 0.1) is 6.54 Å². The highest BCUT2D eigenvalue weighted by atomic mass is 79.9. The molecule has 1 aromatic carbocycles. The molecule has 0 N–H and O–H groups in total. The number of fused-ring (bicyclic) bond motifs is 1. The third-order valence-electron chi connectivity index (χ3n) is 3.64. The number of nitrogens with zero attached hydrogens (tertiary/aromatic N) is 4. The highest BCUT2D eigenvalue weighted by molar-refractivity contribution is 9.10. The summed E-state index contributed by atoms with van der Waals surface area (Å²) in [5.41, 5.74) is 0.579. The number of rotatable bonds is 2. The second-order valence-corrected chi connectivity index (χ2v) is 6.63. The van der Waals surface area contributed by atoms with Gasteiger partial charge in [0.15, 0.2) is 15.9 Å². The van der Waals surface area contributed by atoms with Gasteiger partial charge in [0.1, 0.15) is 0 Å². The smallest absolute Gasteiger partial charge is 0.300 e. The van der Waals surface area contributed by atoms with E-state index in [-0.39, 0.29) is 5.52 Å². The highest BCUT2D eigenvalue weighted by Gasteiger charge is 2.18. The van der Waals surface area contributed by atoms with Gasteiger partial charge in [-0.25, -0.2) is 9.78 Å². The molecular formula is C14H11BrCl2N4O2. The lowest BCUT2D eigenvalue weighted by molar-refractivity contribution is 0.685. The molecule has 0 aliphatic carbocycles. The lowest BCUT2D eigenvalue weighted by Crippen LogP contribution is -2.37. The summed E-state index contributed by atoms with van der Waals surface area (Å²) < 4.78 is 4.57. The van der Waals surface area contributed by atoms with E-state index in [4.69, 9.17) is 23.2 Å². The third kappa shape index (κ3) is 2.62. The molecule has 0 aliphatic heterocycles. The van der Waals surface area contributed by atoms with E-state index in [1.807, 2.05) is 0 Å². The van der Waals surface area contributed by atoms with E-state index in [0.29, 0.717) is 27.0 Å². The minimum absolute atomic E-state index is 0.214. The van der Waals surface area contributed by atoms with Crippen molar-refractivity contribution in [3.8, 4) is 0 Å². The van der Waals surface area contributed by atoms with Crippen LogP contribution in [0.5, 0.6) is 0 Å². The Morgan fingerprint density at radius 2 is 1.87 bits per heavy atom. The van der Waals surface area contributed by atoms with Crippen LogP contribution in [-0.4, -0.2) is 18.7 Å². The van der Waals surface area contributed by atoms with Crippen molar-refractivity contribution in [1.82, 2.24) is 18.7 Å². The number of aryl methyl sites for hydroxylation is 1. The molecular weight excluding hydrogens is 407 g/mol. The lowest BCUT2D eigenvalue weighted by Gasteiger charge is -2.11. The van der Waals surface area contributed by atoms with Gasteiger partial charge in [-0.1, -0.05) is 29.3 Å². The van der Waals surface area contributed by atoms with Crippen LogP contribution in [0.2, 0.25) is 10.0 Å². The SMILES string of the molecule is Cn1c(=O)c2nc(Br)n(Cc3ccc(Cl)cc3Cl)c2n(C)c1=O. The van der Waals surface area contributed by atoms with Gasteiger partial charge in [0, 0.05) is 24.1 Å². The Bertz CT molecular complexity index is 1050. The fourth-order valence-corrected chi connectivity index (χ4v) is 3.36. The first-order valence-corrected chi connectivity index (χ1v) is 8.12. The van der Waals surface area contributed by atoms with Crippen LogP contribution in [0.3, 0.4) is 0 Å². The molecule has 9 heteroatoms. The van der Waals surface area contributed by atoms with Crippen molar-refractivity contribution < 1.29 is 0 Å². The van der Waals surface area contributed by atoms with Crippen molar-refractivity contribution in [2.24, 2.45) is 14.1 Å². The Labute approximate surface area is 149 Å². The van der Waals surface area contributed by atoms with Gasteiger partial charge in [0.25, 0.3) is 5.56 Å². The summed E-state index contributed by atoms with van der Waals surface area (Å²) in [5.74, 6) is 0. The number of hydrogen-bond donors (Lipinski definition) is 0. The zero-order chi connectivity index (χ0) is 16.9. The number of hydrogen-bond acceptors (Lipinski definition) is 3. The first-order valence-electron chi connectivity index (χ1n) is 6.57. The second-order valence-electron chi connectivity index (χ2n) is 5.08. The summed E-state index contributed by atoms with van der Waals surface area (Å²) in [4.78, 5) is 28.6. The van der Waals surface area contributed by atoms with E-state index in [9.17, 15) is 9.59 Å². The minimum atomic E-state index is -0.440. The summed E-state index contributed by atoms with van der Waals surface area (Å²) >= 11 is 15.5. The lowest BCUT2D eigenvalue weighted by atomic mass is 10.2. The quantitative estimate of drug-likeness (QED) is 0.602. The number of imidazole rings is 1. The van der Waals surface area contributed by atoms with Crippen LogP contribution >= 0.6 is 39.1 Å². The molecule has 23 heavy (non-hydrogen) atoms. The van der Waals surface area contributed by atoms with Crippen molar-refractivity contribution in [3.63, 3.8) is 0 Å². The molecule has 6 nitrogen and oxygen atoms in total. The summed E-state index contributed by atoms with van der Waals surface area (Å²) in [6, 6.07) is 5.17. The Hall–Kier alpha value is -1.57. The summed E-state index contributed by atoms with van der Waals surface area (Å²) in [7, 11) is 3.02. The summed E-state index contributed by atoms with van der Waals surface area (Å²) in [6.07, 6.45) is 0. The van der Waals surface area contributed by atoms with Crippen molar-refractivity contribution in [2.45, 2.75) is 6.54 Å². The topological polar surface area (TPSA) is 61.8 Å². The molecule has 2 heterocycles. The second kappa shape index (κ2) is 5.81. The zero-order valence-electron chi connectivity index (χ0n) is 12.2. The van der Waals surface area contributed by atoms with E-state index in [1.165, 1.54) is 11.6 Å². The summed E-state index contributed by atoms with van der Waals surface area (Å²) in [5, 5.41) is 1.04. The first kappa shape index (κ1) is 16.3. The van der Waals surface area contributed by atoms with Crippen LogP contribution in [0, 0.1) is 0 Å². The molecule has 0 saturated heterocycles. The normalized spacial score (nSPS) is 11.3. The molecule has 0 saturated carbocycles. The maximum absolute atomic E-state index is 12.2. The van der Waals surface area contributed by atoms with Crippen LogP contribution in [0.15, 0.2) is 32.5 Å². The molecule has 0 fully saturated rings. The fourth-order valence-electron chi connectivity index (χ4n) is 2.42. The zero-order valence-corrected chi connectivity index (χ0v) is 15.3. The van der Waals surface area contributed by atoms with E-state index < -0.39 is 11.2 Å². The van der Waals surface area contributed by atoms with Crippen LogP contribution in [0.1, 0.15) is 5.56 Å². The predicted octanol–water partition coefficient (Wildman–Crippen LogP) is 2.55. The Balaban J connectivity index is 2.28. The van der Waals surface area contributed by atoms with Crippen molar-refractivity contribution >= 4 is 50.3 Å². The molecule has 3 aromatic rings. The van der Waals surface area contributed by atoms with Crippen LogP contribution < -0.4 is 11.2 Å². The van der Waals surface area contributed by atoms with Crippen LogP contribution in [0.4, 0.5) is 0 Å². The number of aromatic nitrogens is 4. The monoisotopic (exact) mass is 416 g/mol. The average Bonchev–Trinajstić information content (AvgIpc) is 2.83. The van der Waals surface area contributed by atoms with Gasteiger partial charge >= 0.3 is 5.69 Å². The number of benzene rings is 1. The molecule has 0 atom stereocenters. The van der Waals surface area contributed by atoms with Gasteiger partial charge in [-0.2, -0.15) is 0 Å². The molecule has 3 rings (SSSR count). The van der Waals surface area contributed by atoms with E-state index >= 15 is 0 Å². The molecule has 0 spiro atoms. The van der Waals surface area contributed by atoms with Gasteiger partial charge < -0.3 is 0 Å². The predicted molar refractivity (Wildman–Crippen MR) is 93.5 cm³/mol. The maximum atomic E-state index is 12.2. The molecule has 120 valence electrons. The molecule has 0 amide bonds. The molecule has 0 radical (unpaired) electrons. The van der Waals surface area contributed by atoms with Gasteiger partial charge in [-0.15, -0.1) is 0 Å².